The zero-order valence-electron chi connectivity index (χ0n) is 6.90. The molecular weight excluding hydrogens is 190 g/mol. The van der Waals surface area contributed by atoms with Gasteiger partial charge in [0, 0.05) is 30.0 Å². The fourth-order valence-electron chi connectivity index (χ4n) is 1.94. The third-order valence-electron chi connectivity index (χ3n) is 2.55. The third kappa shape index (κ3) is 1.46. The van der Waals surface area contributed by atoms with E-state index in [2.05, 4.69) is 17.5 Å². The number of fused-ring (bicyclic) bond motifs is 2. The minimum atomic E-state index is 0.304. The van der Waals surface area contributed by atoms with Crippen LogP contribution in [-0.2, 0) is 4.79 Å². The minimum Gasteiger partial charge on any atom is -0.338 e. The van der Waals surface area contributed by atoms with E-state index in [1.165, 1.54) is 6.42 Å². The summed E-state index contributed by atoms with van der Waals surface area (Å²) in [6.45, 7) is 0.988. The van der Waals surface area contributed by atoms with E-state index in [-0.39, 0.29) is 0 Å². The van der Waals surface area contributed by atoms with E-state index in [4.69, 9.17) is 0 Å². The third-order valence-corrected chi connectivity index (χ3v) is 4.16. The first-order valence-electron chi connectivity index (χ1n) is 4.33. The van der Waals surface area contributed by atoms with Crippen molar-refractivity contribution >= 4 is 30.3 Å². The predicted molar refractivity (Wildman–Crippen MR) is 54.8 cm³/mol. The van der Waals surface area contributed by atoms with Crippen molar-refractivity contribution in [3.05, 3.63) is 0 Å². The molecule has 68 valence electrons. The maximum atomic E-state index is 11.5. The molecule has 2 nitrogen and oxygen atoms in total. The molecule has 12 heavy (non-hydrogen) atoms. The smallest absolute Gasteiger partial charge is 0.223 e. The molecule has 1 amide bonds. The molecule has 2 saturated heterocycles. The first-order chi connectivity index (χ1) is 5.81. The van der Waals surface area contributed by atoms with Crippen molar-refractivity contribution in [1.82, 2.24) is 4.90 Å². The number of rotatable bonds is 2. The van der Waals surface area contributed by atoms with Gasteiger partial charge in [0.25, 0.3) is 0 Å². The SMILES string of the molecule is O=C(CCS)N1CC2CC1CS2. The fraction of sp³-hybridized carbons (Fsp3) is 0.875. The van der Waals surface area contributed by atoms with Crippen molar-refractivity contribution in [2.75, 3.05) is 18.1 Å². The lowest BCUT2D eigenvalue weighted by Gasteiger charge is -2.26. The van der Waals surface area contributed by atoms with Crippen LogP contribution in [0.4, 0.5) is 0 Å². The summed E-state index contributed by atoms with van der Waals surface area (Å²) in [5.41, 5.74) is 0. The number of likely N-dealkylation sites (tertiary alicyclic amines) is 1. The van der Waals surface area contributed by atoms with E-state index in [1.54, 1.807) is 0 Å². The van der Waals surface area contributed by atoms with E-state index in [0.29, 0.717) is 24.1 Å². The molecule has 2 aliphatic rings. The number of carbonyl (C=O) groups excluding carboxylic acids is 1. The van der Waals surface area contributed by atoms with Gasteiger partial charge in [-0.15, -0.1) is 0 Å². The molecule has 2 aliphatic heterocycles. The molecule has 0 aliphatic carbocycles. The normalized spacial score (nSPS) is 32.9. The quantitative estimate of drug-likeness (QED) is 0.676. The van der Waals surface area contributed by atoms with Crippen molar-refractivity contribution in [2.24, 2.45) is 0 Å². The van der Waals surface area contributed by atoms with Crippen molar-refractivity contribution < 1.29 is 4.79 Å². The Morgan fingerprint density at radius 3 is 3.00 bits per heavy atom. The standard InChI is InChI=1S/C8H13NOS2/c10-8(1-2-11)9-4-7-3-6(9)5-12-7/h6-7,11H,1-5H2. The fourth-order valence-corrected chi connectivity index (χ4v) is 3.57. The summed E-state index contributed by atoms with van der Waals surface area (Å²) in [5.74, 6) is 2.14. The summed E-state index contributed by atoms with van der Waals surface area (Å²) in [5, 5.41) is 0.735. The Kier molecular flexibility index (Phi) is 2.55. The highest BCUT2D eigenvalue weighted by Gasteiger charge is 2.40. The van der Waals surface area contributed by atoms with Crippen LogP contribution in [-0.4, -0.2) is 40.1 Å². The summed E-state index contributed by atoms with van der Waals surface area (Å²) < 4.78 is 0. The Bertz CT molecular complexity index is 197. The van der Waals surface area contributed by atoms with Crippen LogP contribution in [0.25, 0.3) is 0 Å². The van der Waals surface area contributed by atoms with Gasteiger partial charge in [-0.05, 0) is 12.2 Å². The number of hydrogen-bond acceptors (Lipinski definition) is 3. The van der Waals surface area contributed by atoms with Crippen LogP contribution in [0.3, 0.4) is 0 Å². The summed E-state index contributed by atoms with van der Waals surface area (Å²) in [6.07, 6.45) is 1.83. The molecule has 4 heteroatoms. The topological polar surface area (TPSA) is 20.3 Å². The Morgan fingerprint density at radius 1 is 1.67 bits per heavy atom. The van der Waals surface area contributed by atoms with Gasteiger partial charge in [-0.25, -0.2) is 0 Å². The molecule has 2 bridgehead atoms. The first kappa shape index (κ1) is 8.75. The van der Waals surface area contributed by atoms with E-state index in [1.807, 2.05) is 11.8 Å². The van der Waals surface area contributed by atoms with Crippen LogP contribution in [0, 0.1) is 0 Å². The van der Waals surface area contributed by atoms with Gasteiger partial charge in [-0.2, -0.15) is 24.4 Å². The molecule has 0 aromatic rings. The Balaban J connectivity index is 1.93. The van der Waals surface area contributed by atoms with Crippen molar-refractivity contribution in [2.45, 2.75) is 24.1 Å². The molecule has 2 fully saturated rings. The van der Waals surface area contributed by atoms with Gasteiger partial charge in [0.1, 0.15) is 0 Å². The average molecular weight is 203 g/mol. The second-order valence-corrected chi connectivity index (χ2v) is 5.15. The van der Waals surface area contributed by atoms with E-state index < -0.39 is 0 Å². The lowest BCUT2D eigenvalue weighted by atomic mass is 10.2. The monoisotopic (exact) mass is 203 g/mol. The molecule has 0 spiro atoms. The Hall–Kier alpha value is 0.170. The molecule has 0 aromatic heterocycles. The van der Waals surface area contributed by atoms with Crippen LogP contribution in [0.15, 0.2) is 0 Å². The average Bonchev–Trinajstić information content (AvgIpc) is 2.64. The van der Waals surface area contributed by atoms with Crippen LogP contribution >= 0.6 is 24.4 Å². The van der Waals surface area contributed by atoms with Crippen molar-refractivity contribution in [3.63, 3.8) is 0 Å². The Labute approximate surface area is 82.5 Å². The van der Waals surface area contributed by atoms with Gasteiger partial charge in [0.15, 0.2) is 0 Å². The van der Waals surface area contributed by atoms with Gasteiger partial charge in [-0.3, -0.25) is 4.79 Å². The number of amides is 1. The zero-order chi connectivity index (χ0) is 8.55. The number of carbonyl (C=O) groups is 1. The molecule has 2 rings (SSSR count). The highest BCUT2D eigenvalue weighted by Crippen LogP contribution is 2.37. The summed E-state index contributed by atoms with van der Waals surface area (Å²) in [4.78, 5) is 13.6. The largest absolute Gasteiger partial charge is 0.338 e. The lowest BCUT2D eigenvalue weighted by Crippen LogP contribution is -2.39. The second kappa shape index (κ2) is 3.50. The molecule has 2 heterocycles. The molecule has 0 radical (unpaired) electrons. The van der Waals surface area contributed by atoms with E-state index in [9.17, 15) is 4.79 Å². The molecule has 0 saturated carbocycles. The van der Waals surface area contributed by atoms with Crippen LogP contribution in [0.1, 0.15) is 12.8 Å². The molecule has 0 aromatic carbocycles. The molecule has 2 atom stereocenters. The second-order valence-electron chi connectivity index (χ2n) is 3.36. The van der Waals surface area contributed by atoms with E-state index >= 15 is 0 Å². The lowest BCUT2D eigenvalue weighted by molar-refractivity contribution is -0.131. The number of thioether (sulfide) groups is 1. The molecule has 2 unspecified atom stereocenters. The van der Waals surface area contributed by atoms with Crippen molar-refractivity contribution in [1.29, 1.82) is 0 Å². The molecular formula is C8H13NOS2. The maximum absolute atomic E-state index is 11.5. The van der Waals surface area contributed by atoms with Crippen LogP contribution in [0.5, 0.6) is 0 Å². The summed E-state index contributed by atoms with van der Waals surface area (Å²) >= 11 is 6.09. The van der Waals surface area contributed by atoms with Gasteiger partial charge < -0.3 is 4.90 Å². The van der Waals surface area contributed by atoms with Gasteiger partial charge in [0.05, 0.1) is 0 Å². The number of hydrogen-bond donors (Lipinski definition) is 1. The van der Waals surface area contributed by atoms with E-state index in [0.717, 1.165) is 17.5 Å². The number of nitrogens with zero attached hydrogens (tertiary/aromatic N) is 1. The van der Waals surface area contributed by atoms with Gasteiger partial charge in [-0.1, -0.05) is 0 Å². The predicted octanol–water partition coefficient (Wildman–Crippen LogP) is 1.02. The maximum Gasteiger partial charge on any atom is 0.223 e. The highest BCUT2D eigenvalue weighted by molar-refractivity contribution is 8.00. The highest BCUT2D eigenvalue weighted by atomic mass is 32.2. The van der Waals surface area contributed by atoms with Crippen LogP contribution < -0.4 is 0 Å². The number of thiol groups is 1. The van der Waals surface area contributed by atoms with Crippen molar-refractivity contribution in [3.8, 4) is 0 Å². The Morgan fingerprint density at radius 2 is 2.50 bits per heavy atom. The minimum absolute atomic E-state index is 0.304. The van der Waals surface area contributed by atoms with Crippen LogP contribution in [0.2, 0.25) is 0 Å². The summed E-state index contributed by atoms with van der Waals surface area (Å²) in [7, 11) is 0. The van der Waals surface area contributed by atoms with Gasteiger partial charge >= 0.3 is 0 Å². The summed E-state index contributed by atoms with van der Waals surface area (Å²) in [6, 6.07) is 0.549. The van der Waals surface area contributed by atoms with Gasteiger partial charge in [0.2, 0.25) is 5.91 Å². The zero-order valence-corrected chi connectivity index (χ0v) is 8.61. The first-order valence-corrected chi connectivity index (χ1v) is 6.01. The molecule has 0 N–H and O–H groups in total.